The maximum Gasteiger partial charge on any atom is 0.268 e. The van der Waals surface area contributed by atoms with Crippen LogP contribution in [0.5, 0.6) is 11.5 Å². The van der Waals surface area contributed by atoms with Crippen molar-refractivity contribution in [3.63, 3.8) is 0 Å². The second-order valence-electron chi connectivity index (χ2n) is 7.11. The highest BCUT2D eigenvalue weighted by atomic mass is 35.5. The van der Waals surface area contributed by atoms with Gasteiger partial charge >= 0.3 is 0 Å². The summed E-state index contributed by atoms with van der Waals surface area (Å²) in [4.78, 5) is 12.8. The minimum Gasteiger partial charge on any atom is -0.495 e. The van der Waals surface area contributed by atoms with Crippen molar-refractivity contribution in [2.24, 2.45) is 0 Å². The van der Waals surface area contributed by atoms with Crippen molar-refractivity contribution in [1.82, 2.24) is 5.32 Å². The van der Waals surface area contributed by atoms with Crippen molar-refractivity contribution in [2.75, 3.05) is 18.0 Å². The molecule has 1 amide bonds. The second-order valence-corrected chi connectivity index (χ2v) is 9.38. The van der Waals surface area contributed by atoms with E-state index >= 15 is 0 Å². The first-order valence-electron chi connectivity index (χ1n) is 9.84. The van der Waals surface area contributed by atoms with E-state index in [1.54, 1.807) is 30.3 Å². The smallest absolute Gasteiger partial charge is 0.268 e. The molecule has 3 aromatic carbocycles. The van der Waals surface area contributed by atoms with E-state index in [1.165, 1.54) is 19.2 Å². The Kier molecular flexibility index (Phi) is 6.25. The summed E-state index contributed by atoms with van der Waals surface area (Å²) >= 11 is 6.07. The molecule has 1 atom stereocenters. The van der Waals surface area contributed by atoms with Crippen molar-refractivity contribution in [2.45, 2.75) is 17.5 Å². The fraction of sp³-hybridized carbons (Fsp3) is 0.174. The van der Waals surface area contributed by atoms with Crippen molar-refractivity contribution in [1.29, 1.82) is 0 Å². The summed E-state index contributed by atoms with van der Waals surface area (Å²) in [6.45, 7) is 0.103. The Morgan fingerprint density at radius 2 is 1.84 bits per heavy atom. The molecule has 0 aromatic heterocycles. The minimum atomic E-state index is -4.11. The van der Waals surface area contributed by atoms with Crippen LogP contribution in [-0.2, 0) is 21.4 Å². The normalized spacial score (nSPS) is 15.4. The Balaban J connectivity index is 1.66. The molecule has 0 radical (unpaired) electrons. The molecule has 0 saturated heterocycles. The van der Waals surface area contributed by atoms with Crippen LogP contribution in [0.15, 0.2) is 77.7 Å². The summed E-state index contributed by atoms with van der Waals surface area (Å²) in [5.41, 5.74) is 1.26. The van der Waals surface area contributed by atoms with E-state index in [9.17, 15) is 13.2 Å². The van der Waals surface area contributed by atoms with Crippen LogP contribution in [-0.4, -0.2) is 34.1 Å². The van der Waals surface area contributed by atoms with Crippen LogP contribution in [0.2, 0.25) is 5.02 Å². The number of anilines is 1. The number of ether oxygens (including phenoxy) is 2. The highest BCUT2D eigenvalue weighted by molar-refractivity contribution is 7.93. The van der Waals surface area contributed by atoms with Gasteiger partial charge in [0.1, 0.15) is 16.4 Å². The monoisotopic (exact) mass is 472 g/mol. The van der Waals surface area contributed by atoms with E-state index in [4.69, 9.17) is 21.1 Å². The van der Waals surface area contributed by atoms with Crippen LogP contribution in [0.3, 0.4) is 0 Å². The number of hydrogen-bond acceptors (Lipinski definition) is 5. The molecule has 4 rings (SSSR count). The zero-order valence-corrected chi connectivity index (χ0v) is 18.8. The maximum atomic E-state index is 13.6. The van der Waals surface area contributed by atoms with Gasteiger partial charge in [-0.2, -0.15) is 0 Å². The van der Waals surface area contributed by atoms with Gasteiger partial charge in [0.25, 0.3) is 15.9 Å². The molecule has 3 aromatic rings. The van der Waals surface area contributed by atoms with Crippen LogP contribution < -0.4 is 19.1 Å². The molecule has 1 N–H and O–H groups in total. The Hall–Kier alpha value is -3.23. The van der Waals surface area contributed by atoms with Crippen molar-refractivity contribution in [3.8, 4) is 11.5 Å². The first kappa shape index (κ1) is 22.0. The predicted molar refractivity (Wildman–Crippen MR) is 122 cm³/mol. The number of fused-ring (bicyclic) bond motifs is 1. The number of carbonyl (C=O) groups is 1. The highest BCUT2D eigenvalue weighted by Crippen LogP contribution is 2.39. The maximum absolute atomic E-state index is 13.6. The van der Waals surface area contributed by atoms with E-state index in [0.29, 0.717) is 18.0 Å². The number of para-hydroxylation sites is 2. The van der Waals surface area contributed by atoms with Gasteiger partial charge in [-0.25, -0.2) is 8.42 Å². The van der Waals surface area contributed by atoms with Crippen molar-refractivity contribution in [3.05, 3.63) is 83.4 Å². The summed E-state index contributed by atoms with van der Waals surface area (Å²) in [5.74, 6) is 0.0354. The van der Waals surface area contributed by atoms with E-state index in [1.807, 2.05) is 30.3 Å². The fourth-order valence-electron chi connectivity index (χ4n) is 3.44. The van der Waals surface area contributed by atoms with Crippen LogP contribution >= 0.6 is 11.6 Å². The highest BCUT2D eigenvalue weighted by Gasteiger charge is 2.38. The molecule has 0 spiro atoms. The van der Waals surface area contributed by atoms with Gasteiger partial charge in [-0.3, -0.25) is 9.10 Å². The van der Waals surface area contributed by atoms with Gasteiger partial charge in [-0.15, -0.1) is 0 Å². The predicted octanol–water partition coefficient (Wildman–Crippen LogP) is 3.62. The molecular formula is C23H21ClN2O5S. The lowest BCUT2D eigenvalue weighted by atomic mass is 10.2. The molecule has 0 saturated carbocycles. The zero-order chi connectivity index (χ0) is 22.7. The lowest BCUT2D eigenvalue weighted by molar-refractivity contribution is -0.127. The van der Waals surface area contributed by atoms with Gasteiger partial charge in [-0.05, 0) is 35.9 Å². The van der Waals surface area contributed by atoms with E-state index in [0.717, 1.165) is 9.87 Å². The largest absolute Gasteiger partial charge is 0.495 e. The SMILES string of the molecule is COc1ccc(Cl)cc1S(=O)(=O)N1C[C@@H](C(=O)NCc2ccccc2)Oc2ccccc21. The number of sulfonamides is 1. The topological polar surface area (TPSA) is 84.9 Å². The third kappa shape index (κ3) is 4.37. The van der Waals surface area contributed by atoms with Gasteiger partial charge in [0.2, 0.25) is 0 Å². The number of carbonyl (C=O) groups excluding carboxylic acids is 1. The Labute approximate surface area is 191 Å². The van der Waals surface area contributed by atoms with E-state index in [2.05, 4.69) is 5.32 Å². The number of hydrogen-bond donors (Lipinski definition) is 1. The number of benzene rings is 3. The van der Waals surface area contributed by atoms with Gasteiger partial charge in [0, 0.05) is 11.6 Å². The molecule has 1 heterocycles. The number of methoxy groups -OCH3 is 1. The lowest BCUT2D eigenvalue weighted by Crippen LogP contribution is -2.50. The summed E-state index contributed by atoms with van der Waals surface area (Å²) in [6.07, 6.45) is -1.03. The molecule has 0 fully saturated rings. The fourth-order valence-corrected chi connectivity index (χ4v) is 5.33. The summed E-state index contributed by atoms with van der Waals surface area (Å²) in [6, 6.07) is 20.5. The quantitative estimate of drug-likeness (QED) is 0.592. The zero-order valence-electron chi connectivity index (χ0n) is 17.2. The standard InChI is InChI=1S/C23H21ClN2O5S/c1-30-20-12-11-17(24)13-22(20)32(28,29)26-15-21(31-19-10-6-5-9-18(19)26)23(27)25-14-16-7-3-2-4-8-16/h2-13,21H,14-15H2,1H3,(H,25,27)/t21-/m0/s1. The molecular weight excluding hydrogens is 452 g/mol. The second kappa shape index (κ2) is 9.10. The van der Waals surface area contributed by atoms with E-state index in [-0.39, 0.29) is 22.2 Å². The molecule has 7 nitrogen and oxygen atoms in total. The average Bonchev–Trinajstić information content (AvgIpc) is 2.82. The van der Waals surface area contributed by atoms with Crippen molar-refractivity contribution >= 4 is 33.2 Å². The molecule has 9 heteroatoms. The van der Waals surface area contributed by atoms with Crippen LogP contribution in [0.25, 0.3) is 0 Å². The van der Waals surface area contributed by atoms with Gasteiger partial charge in [-0.1, -0.05) is 54.1 Å². The molecule has 0 bridgehead atoms. The molecule has 1 aliphatic heterocycles. The van der Waals surface area contributed by atoms with Crippen LogP contribution in [0.1, 0.15) is 5.56 Å². The number of halogens is 1. The number of nitrogens with one attached hydrogen (secondary N) is 1. The first-order valence-corrected chi connectivity index (χ1v) is 11.7. The third-order valence-corrected chi connectivity index (χ3v) is 7.07. The van der Waals surface area contributed by atoms with Gasteiger partial charge in [0.15, 0.2) is 6.10 Å². The summed E-state index contributed by atoms with van der Waals surface area (Å²) in [5, 5.41) is 3.06. The van der Waals surface area contributed by atoms with E-state index < -0.39 is 22.0 Å². The number of rotatable bonds is 6. The third-order valence-electron chi connectivity index (χ3n) is 5.03. The van der Waals surface area contributed by atoms with Gasteiger partial charge < -0.3 is 14.8 Å². The van der Waals surface area contributed by atoms with Gasteiger partial charge in [0.05, 0.1) is 19.3 Å². The van der Waals surface area contributed by atoms with Crippen LogP contribution in [0, 0.1) is 0 Å². The molecule has 0 aliphatic carbocycles. The summed E-state index contributed by atoms with van der Waals surface area (Å²) < 4.78 is 39.5. The summed E-state index contributed by atoms with van der Waals surface area (Å²) in [7, 11) is -2.73. The Bertz CT molecular complexity index is 1230. The van der Waals surface area contributed by atoms with Crippen molar-refractivity contribution < 1.29 is 22.7 Å². The minimum absolute atomic E-state index is 0.0901. The Morgan fingerprint density at radius 3 is 2.59 bits per heavy atom. The molecule has 1 aliphatic rings. The van der Waals surface area contributed by atoms with Crippen LogP contribution in [0.4, 0.5) is 5.69 Å². The lowest BCUT2D eigenvalue weighted by Gasteiger charge is -2.35. The molecule has 166 valence electrons. The average molecular weight is 473 g/mol. The number of nitrogens with zero attached hydrogens (tertiary/aromatic N) is 1. The molecule has 32 heavy (non-hydrogen) atoms. The first-order chi connectivity index (χ1) is 15.4. The molecule has 0 unspecified atom stereocenters. The Morgan fingerprint density at radius 1 is 1.12 bits per heavy atom. The number of amides is 1.